The Morgan fingerprint density at radius 2 is 1.85 bits per heavy atom. The van der Waals surface area contributed by atoms with Crippen molar-refractivity contribution in [2.24, 2.45) is 9.98 Å². The summed E-state index contributed by atoms with van der Waals surface area (Å²) in [7, 11) is 0. The Morgan fingerprint density at radius 1 is 1.07 bits per heavy atom. The zero-order valence-electron chi connectivity index (χ0n) is 24.5. The molecule has 3 aliphatic rings. The van der Waals surface area contributed by atoms with Crippen molar-refractivity contribution >= 4 is 35.6 Å². The first-order valence-electron chi connectivity index (χ1n) is 14.5. The van der Waals surface area contributed by atoms with Crippen LogP contribution in [0.3, 0.4) is 0 Å². The molecule has 46 heavy (non-hydrogen) atoms. The smallest absolute Gasteiger partial charge is 0.330 e. The summed E-state index contributed by atoms with van der Waals surface area (Å²) in [4.78, 5) is 36.0. The molecule has 1 saturated heterocycles. The van der Waals surface area contributed by atoms with Crippen molar-refractivity contribution in [3.05, 3.63) is 53.1 Å². The number of amides is 1. The number of hydrogen-bond donors (Lipinski definition) is 8. The van der Waals surface area contributed by atoms with Crippen molar-refractivity contribution in [2.75, 3.05) is 24.8 Å². The largest absolute Gasteiger partial charge is 0.508 e. The SMILES string of the molecule is O=C(C=Cc1ccc(O)c(CC2=NCN=C2)c1)N1c2cc(O[C@H]3O[C@H](CO)[C@@H](O)[C@H](O)[C@H]3O)c(O)cc2C[C@]1(CCCO)C(=O)O. The van der Waals surface area contributed by atoms with Crippen LogP contribution < -0.4 is 9.64 Å². The first-order valence-corrected chi connectivity index (χ1v) is 14.5. The number of ether oxygens (including phenoxy) is 2. The highest BCUT2D eigenvalue weighted by molar-refractivity contribution is 6.32. The van der Waals surface area contributed by atoms with Gasteiger partial charge in [-0.3, -0.25) is 19.7 Å². The molecule has 0 saturated carbocycles. The average molecular weight is 642 g/mol. The Labute approximate surface area is 262 Å². The zero-order valence-corrected chi connectivity index (χ0v) is 24.5. The predicted octanol–water partition coefficient (Wildman–Crippen LogP) is -0.500. The van der Waals surface area contributed by atoms with Crippen LogP contribution in [-0.4, -0.2) is 121 Å². The number of carboxylic acids is 1. The van der Waals surface area contributed by atoms with E-state index in [1.807, 2.05) is 0 Å². The van der Waals surface area contributed by atoms with Crippen LogP contribution in [-0.2, 0) is 27.2 Å². The number of hydrogen-bond acceptors (Lipinski definition) is 13. The fraction of sp³-hybridized carbons (Fsp3) is 0.419. The minimum Gasteiger partial charge on any atom is -0.508 e. The van der Waals surface area contributed by atoms with E-state index in [1.54, 1.807) is 18.3 Å². The van der Waals surface area contributed by atoms with Crippen LogP contribution in [0.5, 0.6) is 17.2 Å². The molecule has 3 heterocycles. The van der Waals surface area contributed by atoms with Crippen LogP contribution in [0.4, 0.5) is 5.69 Å². The number of benzene rings is 2. The molecule has 2 aromatic carbocycles. The van der Waals surface area contributed by atoms with E-state index in [4.69, 9.17) is 9.47 Å². The van der Waals surface area contributed by atoms with Gasteiger partial charge >= 0.3 is 5.97 Å². The van der Waals surface area contributed by atoms with Gasteiger partial charge in [0, 0.05) is 43.4 Å². The second-order valence-corrected chi connectivity index (χ2v) is 11.3. The standard InChI is InChI=1S/C31H35N3O12/c35-7-1-6-31(30(43)44)12-18-10-22(38)23(45-29-28(42)27(41)26(40)24(14-36)46-29)11-20(18)34(31)25(39)5-3-16-2-4-21(37)17(8-16)9-19-13-32-15-33-19/h2-5,8,10-11,13,24,26-29,35-38,40-42H,1,6-7,9,12,14-15H2,(H,43,44)/t24-,26-,27+,28-,29+,31-/m1/s1. The van der Waals surface area contributed by atoms with Gasteiger partial charge in [0.2, 0.25) is 6.29 Å². The lowest BCUT2D eigenvalue weighted by Gasteiger charge is -2.39. The highest BCUT2D eigenvalue weighted by Crippen LogP contribution is 2.47. The molecule has 15 nitrogen and oxygen atoms in total. The number of aliphatic imine (C=N–C) groups is 2. The number of aromatic hydroxyl groups is 2. The van der Waals surface area contributed by atoms with Crippen LogP contribution >= 0.6 is 0 Å². The molecule has 0 aromatic heterocycles. The summed E-state index contributed by atoms with van der Waals surface area (Å²) in [5.74, 6) is -2.89. The maximum atomic E-state index is 13.9. The van der Waals surface area contributed by atoms with Crippen LogP contribution in [0.1, 0.15) is 29.5 Å². The number of anilines is 1. The Hall–Kier alpha value is -4.38. The lowest BCUT2D eigenvalue weighted by molar-refractivity contribution is -0.277. The minimum atomic E-state index is -1.85. The first-order chi connectivity index (χ1) is 22.0. The van der Waals surface area contributed by atoms with E-state index in [9.17, 15) is 50.4 Å². The molecule has 6 atom stereocenters. The number of phenols is 2. The third kappa shape index (κ3) is 6.33. The van der Waals surface area contributed by atoms with E-state index >= 15 is 0 Å². The topological polar surface area (TPSA) is 242 Å². The van der Waals surface area contributed by atoms with Crippen molar-refractivity contribution < 1.29 is 59.9 Å². The summed E-state index contributed by atoms with van der Waals surface area (Å²) in [6.45, 7) is -0.741. The lowest BCUT2D eigenvalue weighted by Crippen LogP contribution is -2.60. The number of carboxylic acid groups (broad SMARTS) is 1. The molecule has 1 amide bonds. The van der Waals surface area contributed by atoms with E-state index in [0.29, 0.717) is 29.9 Å². The van der Waals surface area contributed by atoms with E-state index in [-0.39, 0.29) is 48.6 Å². The van der Waals surface area contributed by atoms with Gasteiger partial charge in [0.05, 0.1) is 18.0 Å². The fourth-order valence-electron chi connectivity index (χ4n) is 5.85. The van der Waals surface area contributed by atoms with Gasteiger partial charge in [-0.15, -0.1) is 0 Å². The Bertz CT molecular complexity index is 1570. The lowest BCUT2D eigenvalue weighted by atomic mass is 9.88. The zero-order chi connectivity index (χ0) is 33.2. The molecule has 5 rings (SSSR count). The summed E-state index contributed by atoms with van der Waals surface area (Å²) < 4.78 is 11.0. The van der Waals surface area contributed by atoms with Crippen molar-refractivity contribution in [1.82, 2.24) is 0 Å². The molecule has 0 unspecified atom stereocenters. The average Bonchev–Trinajstić information content (AvgIpc) is 3.66. The normalized spacial score (nSPS) is 27.2. The number of aliphatic hydroxyl groups excluding tert-OH is 5. The number of nitrogens with zero attached hydrogens (tertiary/aromatic N) is 3. The van der Waals surface area contributed by atoms with Gasteiger partial charge < -0.3 is 50.3 Å². The van der Waals surface area contributed by atoms with Crippen molar-refractivity contribution in [1.29, 1.82) is 0 Å². The second-order valence-electron chi connectivity index (χ2n) is 11.3. The molecule has 246 valence electrons. The monoisotopic (exact) mass is 641 g/mol. The molecule has 2 aromatic rings. The van der Waals surface area contributed by atoms with Crippen LogP contribution in [0.15, 0.2) is 46.4 Å². The molecule has 3 aliphatic heterocycles. The van der Waals surface area contributed by atoms with Crippen molar-refractivity contribution in [2.45, 2.75) is 61.9 Å². The Kier molecular flexibility index (Phi) is 9.71. The number of fused-ring (bicyclic) bond motifs is 1. The van der Waals surface area contributed by atoms with E-state index in [2.05, 4.69) is 9.98 Å². The molecular weight excluding hydrogens is 606 g/mol. The number of carbonyl (C=O) groups excluding carboxylic acids is 1. The molecule has 15 heteroatoms. The maximum absolute atomic E-state index is 13.9. The third-order valence-corrected chi connectivity index (χ3v) is 8.26. The minimum absolute atomic E-state index is 0.0283. The van der Waals surface area contributed by atoms with E-state index < -0.39 is 60.5 Å². The third-order valence-electron chi connectivity index (χ3n) is 8.26. The van der Waals surface area contributed by atoms with Gasteiger partial charge in [-0.25, -0.2) is 4.79 Å². The number of carbonyl (C=O) groups is 2. The molecule has 1 fully saturated rings. The number of phenolic OH excluding ortho intramolecular Hbond substituents is 2. The summed E-state index contributed by atoms with van der Waals surface area (Å²) >= 11 is 0. The number of aliphatic hydroxyl groups is 5. The molecule has 0 aliphatic carbocycles. The Balaban J connectivity index is 1.48. The summed E-state index contributed by atoms with van der Waals surface area (Å²) in [5, 5.41) is 81.2. The summed E-state index contributed by atoms with van der Waals surface area (Å²) in [6.07, 6.45) is -3.90. The van der Waals surface area contributed by atoms with Crippen molar-refractivity contribution in [3.63, 3.8) is 0 Å². The molecule has 0 spiro atoms. The second kappa shape index (κ2) is 13.5. The van der Waals surface area contributed by atoms with Crippen LogP contribution in [0.25, 0.3) is 6.08 Å². The molecule has 0 bridgehead atoms. The van der Waals surface area contributed by atoms with Gasteiger partial charge in [0.1, 0.15) is 42.4 Å². The van der Waals surface area contributed by atoms with Gasteiger partial charge in [-0.05, 0) is 48.2 Å². The molecule has 0 radical (unpaired) electrons. The fourth-order valence-corrected chi connectivity index (χ4v) is 5.85. The summed E-state index contributed by atoms with van der Waals surface area (Å²) in [5.41, 5.74) is 0.261. The van der Waals surface area contributed by atoms with E-state index in [0.717, 1.165) is 4.90 Å². The van der Waals surface area contributed by atoms with E-state index in [1.165, 1.54) is 30.4 Å². The maximum Gasteiger partial charge on any atom is 0.330 e. The predicted molar refractivity (Wildman–Crippen MR) is 162 cm³/mol. The van der Waals surface area contributed by atoms with Gasteiger partial charge in [-0.2, -0.15) is 0 Å². The van der Waals surface area contributed by atoms with Gasteiger partial charge in [0.15, 0.2) is 11.5 Å². The number of aliphatic carboxylic acids is 1. The molecule has 8 N–H and O–H groups in total. The van der Waals surface area contributed by atoms with Gasteiger partial charge in [-0.1, -0.05) is 6.07 Å². The number of rotatable bonds is 11. The first kappa shape index (κ1) is 33.0. The quantitative estimate of drug-likeness (QED) is 0.145. The van der Waals surface area contributed by atoms with Gasteiger partial charge in [0.25, 0.3) is 5.91 Å². The molecular formula is C31H35N3O12. The Morgan fingerprint density at radius 3 is 2.52 bits per heavy atom. The highest BCUT2D eigenvalue weighted by atomic mass is 16.7. The highest BCUT2D eigenvalue weighted by Gasteiger charge is 2.52. The van der Waals surface area contributed by atoms with Crippen LogP contribution in [0, 0.1) is 0 Å². The van der Waals surface area contributed by atoms with Crippen LogP contribution in [0.2, 0.25) is 0 Å². The summed E-state index contributed by atoms with van der Waals surface area (Å²) in [6, 6.07) is 7.11. The van der Waals surface area contributed by atoms with Crippen molar-refractivity contribution in [3.8, 4) is 17.2 Å².